The highest BCUT2D eigenvalue weighted by atomic mass is 35.5. The van der Waals surface area contributed by atoms with Crippen LogP contribution < -0.4 is 10.6 Å². The summed E-state index contributed by atoms with van der Waals surface area (Å²) in [6.45, 7) is 0. The van der Waals surface area contributed by atoms with Crippen molar-refractivity contribution >= 4 is 52.5 Å². The lowest BCUT2D eigenvalue weighted by Gasteiger charge is -2.08. The van der Waals surface area contributed by atoms with Crippen LogP contribution in [0.3, 0.4) is 0 Å². The molecule has 0 spiro atoms. The maximum absolute atomic E-state index is 12.6. The van der Waals surface area contributed by atoms with Gasteiger partial charge in [0.05, 0.1) is 16.9 Å². The van der Waals surface area contributed by atoms with E-state index in [1.165, 1.54) is 17.5 Å². The normalized spacial score (nSPS) is 10.7. The number of hydrazone groups is 1. The van der Waals surface area contributed by atoms with Gasteiger partial charge >= 0.3 is 0 Å². The summed E-state index contributed by atoms with van der Waals surface area (Å²) in [5.41, 5.74) is 1.79. The van der Waals surface area contributed by atoms with Gasteiger partial charge in [-0.25, -0.2) is 4.98 Å². The zero-order valence-corrected chi connectivity index (χ0v) is 17.3. The molecule has 0 saturated heterocycles. The first-order chi connectivity index (χ1) is 13.9. The lowest BCUT2D eigenvalue weighted by Crippen LogP contribution is -2.17. The second-order valence-electron chi connectivity index (χ2n) is 6.15. The molecule has 0 atom stereocenters. The van der Waals surface area contributed by atoms with Crippen molar-refractivity contribution < 1.29 is 9.59 Å². The van der Waals surface area contributed by atoms with Gasteiger partial charge in [-0.15, -0.1) is 11.3 Å². The molecule has 1 aromatic carbocycles. The van der Waals surface area contributed by atoms with Crippen molar-refractivity contribution in [2.24, 2.45) is 5.10 Å². The van der Waals surface area contributed by atoms with Crippen LogP contribution in [0.4, 0.5) is 11.5 Å². The zero-order valence-electron chi connectivity index (χ0n) is 15.7. The molecule has 0 aliphatic heterocycles. The Kier molecular flexibility index (Phi) is 6.58. The molecule has 2 amide bonds. The van der Waals surface area contributed by atoms with Crippen molar-refractivity contribution in [3.63, 3.8) is 0 Å². The van der Waals surface area contributed by atoms with E-state index in [0.29, 0.717) is 27.0 Å². The van der Waals surface area contributed by atoms with Crippen LogP contribution >= 0.6 is 22.9 Å². The Morgan fingerprint density at radius 3 is 2.48 bits per heavy atom. The lowest BCUT2D eigenvalue weighted by molar-refractivity contribution is 0.102. The van der Waals surface area contributed by atoms with Gasteiger partial charge in [0.2, 0.25) is 0 Å². The Morgan fingerprint density at radius 1 is 1.07 bits per heavy atom. The van der Waals surface area contributed by atoms with Crippen molar-refractivity contribution in [1.29, 1.82) is 0 Å². The minimum absolute atomic E-state index is 0.307. The third kappa shape index (κ3) is 5.63. The van der Waals surface area contributed by atoms with Crippen LogP contribution in [0.5, 0.6) is 0 Å². The molecule has 0 aliphatic carbocycles. The number of carbonyl (C=O) groups is 2. The molecule has 3 aromatic rings. The van der Waals surface area contributed by atoms with E-state index in [1.54, 1.807) is 59.1 Å². The number of thiophene rings is 1. The zero-order chi connectivity index (χ0) is 20.8. The monoisotopic (exact) mass is 427 g/mol. The van der Waals surface area contributed by atoms with E-state index in [0.717, 1.165) is 5.56 Å². The van der Waals surface area contributed by atoms with Crippen molar-refractivity contribution in [2.75, 3.05) is 24.7 Å². The summed E-state index contributed by atoms with van der Waals surface area (Å²) in [7, 11) is 3.66. The van der Waals surface area contributed by atoms with Gasteiger partial charge in [0.25, 0.3) is 11.8 Å². The van der Waals surface area contributed by atoms with Gasteiger partial charge in [-0.05, 0) is 41.3 Å². The average molecular weight is 428 g/mol. The van der Waals surface area contributed by atoms with Gasteiger partial charge in [0.15, 0.2) is 0 Å². The number of pyridine rings is 1. The quantitative estimate of drug-likeness (QED) is 0.456. The topological polar surface area (TPSA) is 86.7 Å². The van der Waals surface area contributed by atoms with Gasteiger partial charge in [-0.2, -0.15) is 5.10 Å². The van der Waals surface area contributed by atoms with E-state index in [1.807, 2.05) is 14.1 Å². The Balaban J connectivity index is 1.68. The first-order valence-corrected chi connectivity index (χ1v) is 9.81. The van der Waals surface area contributed by atoms with E-state index in [9.17, 15) is 9.59 Å². The first kappa shape index (κ1) is 20.5. The van der Waals surface area contributed by atoms with Crippen LogP contribution in [0, 0.1) is 0 Å². The highest BCUT2D eigenvalue weighted by Gasteiger charge is 2.16. The van der Waals surface area contributed by atoms with Gasteiger partial charge < -0.3 is 15.6 Å². The number of benzene rings is 1. The molecular formula is C20H18ClN5O2S. The molecule has 2 aromatic heterocycles. The molecule has 7 nitrogen and oxygen atoms in total. The summed E-state index contributed by atoms with van der Waals surface area (Å²) in [5.74, 6) is -0.293. The summed E-state index contributed by atoms with van der Waals surface area (Å²) in [6, 6.07) is 11.9. The summed E-state index contributed by atoms with van der Waals surface area (Å²) >= 11 is 7.03. The predicted octanol–water partition coefficient (Wildman–Crippen LogP) is 4.20. The summed E-state index contributed by atoms with van der Waals surface area (Å²) in [4.78, 5) is 29.5. The third-order valence-electron chi connectivity index (χ3n) is 3.70. The number of nitrogens with one attached hydrogen (secondary N) is 2. The maximum Gasteiger partial charge on any atom is 0.269 e. The molecule has 9 heteroatoms. The molecule has 148 valence electrons. The van der Waals surface area contributed by atoms with Crippen molar-refractivity contribution in [1.82, 2.24) is 9.99 Å². The Morgan fingerprint density at radius 2 is 1.83 bits per heavy atom. The molecule has 0 bridgehead atoms. The highest BCUT2D eigenvalue weighted by molar-refractivity contribution is 7.12. The van der Waals surface area contributed by atoms with Crippen LogP contribution in [-0.2, 0) is 0 Å². The SMILES string of the molecule is CN(C)N=Cc1ccc(C(=O)Nc2ccsc2C(=O)Nc2ccc(Cl)cn2)cc1. The minimum atomic E-state index is -0.361. The Bertz CT molecular complexity index is 1030. The van der Waals surface area contributed by atoms with Gasteiger partial charge in [-0.1, -0.05) is 23.7 Å². The fourth-order valence-corrected chi connectivity index (χ4v) is 3.16. The maximum atomic E-state index is 12.6. The molecule has 0 unspecified atom stereocenters. The van der Waals surface area contributed by atoms with Crippen molar-refractivity contribution in [2.45, 2.75) is 0 Å². The molecule has 2 heterocycles. The number of halogens is 1. The fourth-order valence-electron chi connectivity index (χ4n) is 2.30. The number of carbonyl (C=O) groups excluding carboxylic acids is 2. The average Bonchev–Trinajstić information content (AvgIpc) is 3.16. The third-order valence-corrected chi connectivity index (χ3v) is 4.84. The second kappa shape index (κ2) is 9.31. The number of amides is 2. The predicted molar refractivity (Wildman–Crippen MR) is 117 cm³/mol. The van der Waals surface area contributed by atoms with Gasteiger partial charge in [0, 0.05) is 25.9 Å². The smallest absolute Gasteiger partial charge is 0.269 e. The summed E-state index contributed by atoms with van der Waals surface area (Å²) in [5, 5.41) is 13.5. The van der Waals surface area contributed by atoms with E-state index < -0.39 is 0 Å². The second-order valence-corrected chi connectivity index (χ2v) is 7.50. The van der Waals surface area contributed by atoms with E-state index >= 15 is 0 Å². The highest BCUT2D eigenvalue weighted by Crippen LogP contribution is 2.24. The van der Waals surface area contributed by atoms with Crippen LogP contribution in [0.25, 0.3) is 0 Å². The molecule has 2 N–H and O–H groups in total. The number of nitrogens with zero attached hydrogens (tertiary/aromatic N) is 3. The molecule has 29 heavy (non-hydrogen) atoms. The summed E-state index contributed by atoms with van der Waals surface area (Å²) < 4.78 is 0. The molecule has 0 fully saturated rings. The molecule has 3 rings (SSSR count). The van der Waals surface area contributed by atoms with Gasteiger partial charge in [-0.3, -0.25) is 9.59 Å². The Labute approximate surface area is 177 Å². The first-order valence-electron chi connectivity index (χ1n) is 8.55. The van der Waals surface area contributed by atoms with Crippen LogP contribution in [0.15, 0.2) is 59.1 Å². The van der Waals surface area contributed by atoms with Crippen LogP contribution in [-0.4, -0.2) is 42.1 Å². The van der Waals surface area contributed by atoms with Crippen molar-refractivity contribution in [3.8, 4) is 0 Å². The molecular weight excluding hydrogens is 410 g/mol. The molecule has 0 radical (unpaired) electrons. The Hall–Kier alpha value is -3.23. The molecule has 0 saturated carbocycles. The van der Waals surface area contributed by atoms with Crippen LogP contribution in [0.1, 0.15) is 25.6 Å². The van der Waals surface area contributed by atoms with E-state index in [2.05, 4.69) is 20.7 Å². The standard InChI is InChI=1S/C20H18ClN5O2S/c1-26(2)23-11-13-3-5-14(6-4-13)19(27)24-16-9-10-29-18(16)20(28)25-17-8-7-15(21)12-22-17/h3-12H,1-2H3,(H,24,27)(H,22,25,28). The van der Waals surface area contributed by atoms with E-state index in [4.69, 9.17) is 11.6 Å². The van der Waals surface area contributed by atoms with Crippen LogP contribution in [0.2, 0.25) is 5.02 Å². The van der Waals surface area contributed by atoms with Crippen molar-refractivity contribution in [3.05, 3.63) is 75.1 Å². The number of hydrogen-bond donors (Lipinski definition) is 2. The van der Waals surface area contributed by atoms with Gasteiger partial charge in [0.1, 0.15) is 10.7 Å². The summed E-state index contributed by atoms with van der Waals surface area (Å²) in [6.07, 6.45) is 3.15. The lowest BCUT2D eigenvalue weighted by atomic mass is 10.1. The fraction of sp³-hybridized carbons (Fsp3) is 0.100. The largest absolute Gasteiger partial charge is 0.320 e. The number of hydrogen-bond acceptors (Lipinski definition) is 6. The number of rotatable bonds is 6. The number of aromatic nitrogens is 1. The van der Waals surface area contributed by atoms with E-state index in [-0.39, 0.29) is 11.8 Å². The number of anilines is 2. The minimum Gasteiger partial charge on any atom is -0.320 e. The molecule has 0 aliphatic rings.